The molecule has 1 aromatic carbocycles. The number of anilines is 1. The van der Waals surface area contributed by atoms with Gasteiger partial charge in [-0.05, 0) is 55.0 Å². The first kappa shape index (κ1) is 18.8. The summed E-state index contributed by atoms with van der Waals surface area (Å²) in [5.74, 6) is 0.330. The third kappa shape index (κ3) is 3.57. The smallest absolute Gasteiger partial charge is 0.292 e. The molecule has 1 aliphatic rings. The van der Waals surface area contributed by atoms with Gasteiger partial charge >= 0.3 is 0 Å². The zero-order valence-electron chi connectivity index (χ0n) is 15.3. The van der Waals surface area contributed by atoms with Crippen molar-refractivity contribution in [1.29, 1.82) is 0 Å². The lowest BCUT2D eigenvalue weighted by Gasteiger charge is -2.18. The van der Waals surface area contributed by atoms with Crippen LogP contribution in [0.15, 0.2) is 40.8 Å². The highest BCUT2D eigenvalue weighted by molar-refractivity contribution is 7.17. The summed E-state index contributed by atoms with van der Waals surface area (Å²) >= 11 is 7.45. The Kier molecular flexibility index (Phi) is 5.00. The summed E-state index contributed by atoms with van der Waals surface area (Å²) in [4.78, 5) is 25.8. The normalized spacial score (nSPS) is 15.9. The van der Waals surface area contributed by atoms with Crippen LogP contribution in [0, 0.1) is 5.92 Å². The van der Waals surface area contributed by atoms with E-state index in [1.807, 2.05) is 12.1 Å². The van der Waals surface area contributed by atoms with Gasteiger partial charge in [-0.15, -0.1) is 11.3 Å². The molecule has 2 heterocycles. The van der Waals surface area contributed by atoms with Crippen molar-refractivity contribution in [1.82, 2.24) is 0 Å². The zero-order valence-corrected chi connectivity index (χ0v) is 16.8. The number of hydrogen-bond donors (Lipinski definition) is 2. The van der Waals surface area contributed by atoms with Crippen LogP contribution in [0.2, 0.25) is 5.02 Å². The average molecular weight is 415 g/mol. The van der Waals surface area contributed by atoms with E-state index < -0.39 is 11.8 Å². The van der Waals surface area contributed by atoms with Crippen molar-refractivity contribution in [2.45, 2.75) is 26.2 Å². The van der Waals surface area contributed by atoms with Gasteiger partial charge in [0, 0.05) is 15.5 Å². The molecule has 144 valence electrons. The third-order valence-electron chi connectivity index (χ3n) is 4.92. The minimum absolute atomic E-state index is 0.158. The molecule has 0 fully saturated rings. The van der Waals surface area contributed by atoms with Crippen molar-refractivity contribution in [3.8, 4) is 11.3 Å². The number of hydrogen-bond acceptors (Lipinski definition) is 4. The van der Waals surface area contributed by atoms with E-state index in [0.29, 0.717) is 27.3 Å². The van der Waals surface area contributed by atoms with E-state index in [2.05, 4.69) is 12.2 Å². The number of nitrogens with two attached hydrogens (primary N) is 1. The fraction of sp³-hybridized carbons (Fsp3) is 0.238. The molecule has 1 unspecified atom stereocenters. The molecule has 5 nitrogen and oxygen atoms in total. The predicted octanol–water partition coefficient (Wildman–Crippen LogP) is 5.14. The molecule has 0 bridgehead atoms. The van der Waals surface area contributed by atoms with Gasteiger partial charge in [0.05, 0.1) is 5.56 Å². The van der Waals surface area contributed by atoms with Gasteiger partial charge in [-0.25, -0.2) is 0 Å². The SMILES string of the molecule is CC1CCc2c(sc(NC(=O)c3ccc(-c4cccc(Cl)c4)o3)c2C(N)=O)C1. The number of rotatable bonds is 4. The highest BCUT2D eigenvalue weighted by Crippen LogP contribution is 2.39. The lowest BCUT2D eigenvalue weighted by Crippen LogP contribution is -2.19. The Morgan fingerprint density at radius 3 is 2.86 bits per heavy atom. The minimum Gasteiger partial charge on any atom is -0.451 e. The molecule has 3 aromatic rings. The topological polar surface area (TPSA) is 85.3 Å². The summed E-state index contributed by atoms with van der Waals surface area (Å²) in [6.45, 7) is 2.19. The number of carbonyl (C=O) groups is 2. The van der Waals surface area contributed by atoms with Gasteiger partial charge in [0.1, 0.15) is 10.8 Å². The van der Waals surface area contributed by atoms with Crippen LogP contribution in [-0.2, 0) is 12.8 Å². The van der Waals surface area contributed by atoms with Crippen molar-refractivity contribution in [2.75, 3.05) is 5.32 Å². The molecule has 1 atom stereocenters. The quantitative estimate of drug-likeness (QED) is 0.619. The van der Waals surface area contributed by atoms with Gasteiger partial charge in [-0.3, -0.25) is 9.59 Å². The van der Waals surface area contributed by atoms with E-state index in [4.69, 9.17) is 21.8 Å². The number of fused-ring (bicyclic) bond motifs is 1. The Morgan fingerprint density at radius 1 is 1.29 bits per heavy atom. The summed E-state index contributed by atoms with van der Waals surface area (Å²) in [7, 11) is 0. The van der Waals surface area contributed by atoms with Crippen molar-refractivity contribution in [3.63, 3.8) is 0 Å². The van der Waals surface area contributed by atoms with Crippen LogP contribution in [-0.4, -0.2) is 11.8 Å². The van der Waals surface area contributed by atoms with E-state index in [1.165, 1.54) is 11.3 Å². The maximum atomic E-state index is 12.7. The van der Waals surface area contributed by atoms with E-state index in [9.17, 15) is 9.59 Å². The molecule has 2 amide bonds. The van der Waals surface area contributed by atoms with E-state index in [0.717, 1.165) is 35.3 Å². The monoisotopic (exact) mass is 414 g/mol. The number of nitrogens with one attached hydrogen (secondary N) is 1. The maximum absolute atomic E-state index is 12.7. The van der Waals surface area contributed by atoms with Gasteiger partial charge in [0.15, 0.2) is 5.76 Å². The number of halogens is 1. The fourth-order valence-corrected chi connectivity index (χ4v) is 5.12. The molecule has 3 N–H and O–H groups in total. The average Bonchev–Trinajstić information content (AvgIpc) is 3.26. The van der Waals surface area contributed by atoms with Crippen LogP contribution >= 0.6 is 22.9 Å². The first-order valence-electron chi connectivity index (χ1n) is 9.04. The summed E-state index contributed by atoms with van der Waals surface area (Å²) < 4.78 is 5.70. The number of carbonyl (C=O) groups excluding carboxylic acids is 2. The van der Waals surface area contributed by atoms with Gasteiger partial charge in [0.25, 0.3) is 11.8 Å². The highest BCUT2D eigenvalue weighted by Gasteiger charge is 2.27. The number of furan rings is 1. The Morgan fingerprint density at radius 2 is 2.11 bits per heavy atom. The molecule has 4 rings (SSSR count). The Balaban J connectivity index is 1.60. The van der Waals surface area contributed by atoms with E-state index in [1.54, 1.807) is 24.3 Å². The fourth-order valence-electron chi connectivity index (χ4n) is 3.52. The number of amides is 2. The van der Waals surface area contributed by atoms with Crippen LogP contribution in [0.4, 0.5) is 5.00 Å². The molecule has 0 saturated heterocycles. The molecule has 28 heavy (non-hydrogen) atoms. The van der Waals surface area contributed by atoms with E-state index >= 15 is 0 Å². The Hall–Kier alpha value is -2.57. The van der Waals surface area contributed by atoms with Gasteiger partial charge in [-0.1, -0.05) is 30.7 Å². The van der Waals surface area contributed by atoms with E-state index in [-0.39, 0.29) is 5.76 Å². The highest BCUT2D eigenvalue weighted by atomic mass is 35.5. The van der Waals surface area contributed by atoms with Crippen molar-refractivity contribution in [3.05, 3.63) is 63.2 Å². The van der Waals surface area contributed by atoms with Gasteiger partial charge < -0.3 is 15.5 Å². The van der Waals surface area contributed by atoms with Crippen LogP contribution in [0.5, 0.6) is 0 Å². The van der Waals surface area contributed by atoms with Crippen LogP contribution in [0.3, 0.4) is 0 Å². The van der Waals surface area contributed by atoms with Gasteiger partial charge in [-0.2, -0.15) is 0 Å². The molecular formula is C21H19ClN2O3S. The molecule has 2 aromatic heterocycles. The minimum atomic E-state index is -0.513. The number of primary amides is 1. The molecule has 0 aliphatic heterocycles. The standard InChI is InChI=1S/C21H19ClN2O3S/c1-11-5-6-14-17(9-11)28-21(18(14)19(23)25)24-20(26)16-8-7-15(27-16)12-3-2-4-13(22)10-12/h2-4,7-8,10-11H,5-6,9H2,1H3,(H2,23,25)(H,24,26). The molecule has 0 radical (unpaired) electrons. The second-order valence-corrected chi connectivity index (χ2v) is 8.59. The van der Waals surface area contributed by atoms with Crippen LogP contribution < -0.4 is 11.1 Å². The van der Waals surface area contributed by atoms with Crippen LogP contribution in [0.1, 0.15) is 44.7 Å². The van der Waals surface area contributed by atoms with Gasteiger partial charge in [0.2, 0.25) is 0 Å². The lowest BCUT2D eigenvalue weighted by molar-refractivity contribution is 0.0998. The molecule has 7 heteroatoms. The Labute approximate surface area is 171 Å². The summed E-state index contributed by atoms with van der Waals surface area (Å²) in [6.07, 6.45) is 2.72. The molecule has 1 aliphatic carbocycles. The van der Waals surface area contributed by atoms with Crippen molar-refractivity contribution >= 4 is 39.8 Å². The summed E-state index contributed by atoms with van der Waals surface area (Å²) in [5.41, 5.74) is 7.80. The molecule has 0 saturated carbocycles. The predicted molar refractivity (Wildman–Crippen MR) is 111 cm³/mol. The zero-order chi connectivity index (χ0) is 19.8. The lowest BCUT2D eigenvalue weighted by atomic mass is 9.88. The molecular weight excluding hydrogens is 396 g/mol. The first-order valence-corrected chi connectivity index (χ1v) is 10.2. The number of thiophene rings is 1. The molecule has 0 spiro atoms. The third-order valence-corrected chi connectivity index (χ3v) is 6.33. The maximum Gasteiger partial charge on any atom is 0.292 e. The largest absolute Gasteiger partial charge is 0.451 e. The van der Waals surface area contributed by atoms with Crippen molar-refractivity contribution < 1.29 is 14.0 Å². The summed E-state index contributed by atoms with van der Waals surface area (Å²) in [5, 5.41) is 3.90. The Bertz CT molecular complexity index is 1070. The first-order chi connectivity index (χ1) is 13.4. The van der Waals surface area contributed by atoms with Crippen LogP contribution in [0.25, 0.3) is 11.3 Å². The number of benzene rings is 1. The second-order valence-electron chi connectivity index (χ2n) is 7.05. The second kappa shape index (κ2) is 7.45. The van der Waals surface area contributed by atoms with Crippen molar-refractivity contribution in [2.24, 2.45) is 11.7 Å². The summed E-state index contributed by atoms with van der Waals surface area (Å²) in [6, 6.07) is 10.5.